The molecule has 0 radical (unpaired) electrons. The quantitative estimate of drug-likeness (QED) is 0.592. The number of carbonyl (C=O) groups is 1. The van der Waals surface area contributed by atoms with Gasteiger partial charge in [-0.05, 0) is 54.5 Å². The van der Waals surface area contributed by atoms with Crippen LogP contribution < -0.4 is 15.4 Å². The molecule has 0 aromatic heterocycles. The van der Waals surface area contributed by atoms with E-state index in [1.165, 1.54) is 16.4 Å². The van der Waals surface area contributed by atoms with E-state index in [0.29, 0.717) is 55.8 Å². The highest BCUT2D eigenvalue weighted by atomic mass is 32.2. The van der Waals surface area contributed by atoms with E-state index in [1.807, 2.05) is 13.8 Å². The van der Waals surface area contributed by atoms with Crippen molar-refractivity contribution in [1.29, 1.82) is 0 Å². The first-order valence-corrected chi connectivity index (χ1v) is 12.1. The van der Waals surface area contributed by atoms with E-state index in [9.17, 15) is 13.2 Å². The van der Waals surface area contributed by atoms with E-state index in [1.54, 1.807) is 36.4 Å². The van der Waals surface area contributed by atoms with Crippen LogP contribution in [0.2, 0.25) is 0 Å². The van der Waals surface area contributed by atoms with E-state index in [0.717, 1.165) is 0 Å². The van der Waals surface area contributed by atoms with Crippen molar-refractivity contribution in [1.82, 2.24) is 9.62 Å². The van der Waals surface area contributed by atoms with Gasteiger partial charge in [0.2, 0.25) is 10.0 Å². The molecule has 0 unspecified atom stereocenters. The Morgan fingerprint density at radius 2 is 1.78 bits per heavy atom. The fraction of sp³-hybridized carbons (Fsp3) is 0.364. The average molecular weight is 478 g/mol. The minimum atomic E-state index is -3.57. The first-order chi connectivity index (χ1) is 15.3. The zero-order valence-corrected chi connectivity index (χ0v) is 19.7. The number of nitrogens with zero attached hydrogens (tertiary/aromatic N) is 1. The molecular formula is C22H27N3O5S2. The summed E-state index contributed by atoms with van der Waals surface area (Å²) in [6.07, 6.45) is 0. The standard InChI is InChI=1S/C22H27N3O5S2/c1-16(2)15-30-20-6-4-3-5-19(20)21(26)24-22(31)23-17-7-9-18(10-8-17)32(27,28)25-11-13-29-14-12-25/h3-10,16H,11-15H2,1-2H3,(H2,23,24,26,31). The second-order valence-electron chi connectivity index (χ2n) is 7.65. The lowest BCUT2D eigenvalue weighted by Crippen LogP contribution is -2.40. The Bertz CT molecular complexity index is 1050. The SMILES string of the molecule is CC(C)COc1ccccc1C(=O)NC(=S)Nc1ccc(S(=O)(=O)N2CCOCC2)cc1. The van der Waals surface area contributed by atoms with Crippen molar-refractivity contribution in [2.45, 2.75) is 18.7 Å². The largest absolute Gasteiger partial charge is 0.492 e. The lowest BCUT2D eigenvalue weighted by Gasteiger charge is -2.26. The maximum Gasteiger partial charge on any atom is 0.261 e. The fourth-order valence-electron chi connectivity index (χ4n) is 3.02. The fourth-order valence-corrected chi connectivity index (χ4v) is 4.63. The molecule has 1 heterocycles. The van der Waals surface area contributed by atoms with Crippen LogP contribution in [0.15, 0.2) is 53.4 Å². The van der Waals surface area contributed by atoms with Gasteiger partial charge in [-0.2, -0.15) is 4.31 Å². The zero-order valence-electron chi connectivity index (χ0n) is 18.0. The number of nitrogens with one attached hydrogen (secondary N) is 2. The Morgan fingerprint density at radius 1 is 1.12 bits per heavy atom. The predicted molar refractivity (Wildman–Crippen MR) is 126 cm³/mol. The normalized spacial score (nSPS) is 14.7. The number of benzene rings is 2. The Labute approximate surface area is 193 Å². The van der Waals surface area contributed by atoms with E-state index in [4.69, 9.17) is 21.7 Å². The van der Waals surface area contributed by atoms with Crippen LogP contribution in [0.25, 0.3) is 0 Å². The number of amides is 1. The van der Waals surface area contributed by atoms with Crippen molar-refractivity contribution >= 4 is 38.9 Å². The van der Waals surface area contributed by atoms with Crippen molar-refractivity contribution in [2.75, 3.05) is 38.2 Å². The van der Waals surface area contributed by atoms with Crippen LogP contribution in [-0.2, 0) is 14.8 Å². The van der Waals surface area contributed by atoms with Crippen molar-refractivity contribution in [3.05, 3.63) is 54.1 Å². The molecule has 0 saturated carbocycles. The van der Waals surface area contributed by atoms with Crippen molar-refractivity contribution in [3.8, 4) is 5.75 Å². The van der Waals surface area contributed by atoms with E-state index in [2.05, 4.69) is 10.6 Å². The first-order valence-electron chi connectivity index (χ1n) is 10.3. The molecule has 0 atom stereocenters. The van der Waals surface area contributed by atoms with Crippen LogP contribution in [0, 0.1) is 5.92 Å². The number of thiocarbonyl (C=S) groups is 1. The highest BCUT2D eigenvalue weighted by molar-refractivity contribution is 7.89. The summed E-state index contributed by atoms with van der Waals surface area (Å²) in [4.78, 5) is 12.8. The Kier molecular flexibility index (Phi) is 8.19. The van der Waals surface area contributed by atoms with Gasteiger partial charge in [0.05, 0.1) is 30.3 Å². The Balaban J connectivity index is 1.61. The number of carbonyl (C=O) groups excluding carboxylic acids is 1. The van der Waals surface area contributed by atoms with Crippen molar-refractivity contribution in [3.63, 3.8) is 0 Å². The van der Waals surface area contributed by atoms with E-state index in [-0.39, 0.29) is 10.0 Å². The van der Waals surface area contributed by atoms with Crippen LogP contribution in [0.5, 0.6) is 5.75 Å². The Morgan fingerprint density at radius 3 is 2.44 bits per heavy atom. The average Bonchev–Trinajstić information content (AvgIpc) is 2.78. The van der Waals surface area contributed by atoms with Gasteiger partial charge in [-0.1, -0.05) is 26.0 Å². The number of hydrogen-bond donors (Lipinski definition) is 2. The highest BCUT2D eigenvalue weighted by Crippen LogP contribution is 2.20. The maximum absolute atomic E-state index is 12.7. The number of hydrogen-bond acceptors (Lipinski definition) is 6. The molecule has 10 heteroatoms. The molecule has 3 rings (SSSR count). The summed E-state index contributed by atoms with van der Waals surface area (Å²) >= 11 is 5.25. The number of rotatable bonds is 7. The molecule has 2 aromatic carbocycles. The monoisotopic (exact) mass is 477 g/mol. The van der Waals surface area contributed by atoms with Crippen LogP contribution in [0.3, 0.4) is 0 Å². The molecule has 0 aliphatic carbocycles. The third kappa shape index (κ3) is 6.26. The van der Waals surface area contributed by atoms with Crippen molar-refractivity contribution < 1.29 is 22.7 Å². The lowest BCUT2D eigenvalue weighted by atomic mass is 10.2. The van der Waals surface area contributed by atoms with E-state index < -0.39 is 15.9 Å². The molecule has 8 nitrogen and oxygen atoms in total. The molecule has 2 aromatic rings. The number of sulfonamides is 1. The van der Waals surface area contributed by atoms with Crippen LogP contribution in [0.1, 0.15) is 24.2 Å². The van der Waals surface area contributed by atoms with Gasteiger partial charge >= 0.3 is 0 Å². The van der Waals surface area contributed by atoms with Crippen LogP contribution in [-0.4, -0.2) is 56.7 Å². The smallest absolute Gasteiger partial charge is 0.261 e. The molecular weight excluding hydrogens is 450 g/mol. The number of ether oxygens (including phenoxy) is 2. The second kappa shape index (κ2) is 10.9. The number of morpholine rings is 1. The van der Waals surface area contributed by atoms with Gasteiger partial charge in [0.1, 0.15) is 5.75 Å². The topological polar surface area (TPSA) is 97.0 Å². The number of para-hydroxylation sites is 1. The van der Waals surface area contributed by atoms with E-state index >= 15 is 0 Å². The molecule has 1 saturated heterocycles. The summed E-state index contributed by atoms with van der Waals surface area (Å²) in [6, 6.07) is 13.2. The molecule has 0 bridgehead atoms. The van der Waals surface area contributed by atoms with Crippen LogP contribution in [0.4, 0.5) is 5.69 Å². The summed E-state index contributed by atoms with van der Waals surface area (Å²) in [5.74, 6) is 0.413. The zero-order chi connectivity index (χ0) is 23.1. The number of anilines is 1. The van der Waals surface area contributed by atoms with Gasteiger partial charge in [-0.15, -0.1) is 0 Å². The van der Waals surface area contributed by atoms with Gasteiger partial charge in [0.25, 0.3) is 5.91 Å². The summed E-state index contributed by atoms with van der Waals surface area (Å²) in [5, 5.41) is 5.63. The minimum absolute atomic E-state index is 0.0949. The van der Waals surface area contributed by atoms with Gasteiger partial charge in [-0.25, -0.2) is 8.42 Å². The van der Waals surface area contributed by atoms with Gasteiger partial charge in [-0.3, -0.25) is 10.1 Å². The lowest BCUT2D eigenvalue weighted by molar-refractivity contribution is 0.0730. The van der Waals surface area contributed by atoms with Crippen LogP contribution >= 0.6 is 12.2 Å². The molecule has 172 valence electrons. The highest BCUT2D eigenvalue weighted by Gasteiger charge is 2.26. The summed E-state index contributed by atoms with van der Waals surface area (Å²) in [6.45, 7) is 5.99. The molecule has 0 spiro atoms. The van der Waals surface area contributed by atoms with Gasteiger partial charge in [0.15, 0.2) is 5.11 Å². The molecule has 1 amide bonds. The summed E-state index contributed by atoms with van der Waals surface area (Å²) < 4.78 is 37.8. The molecule has 1 aliphatic heterocycles. The first kappa shape index (κ1) is 24.1. The third-order valence-electron chi connectivity index (χ3n) is 4.65. The Hall–Kier alpha value is -2.53. The molecule has 1 fully saturated rings. The molecule has 32 heavy (non-hydrogen) atoms. The maximum atomic E-state index is 12.7. The van der Waals surface area contributed by atoms with Crippen molar-refractivity contribution in [2.24, 2.45) is 5.92 Å². The molecule has 1 aliphatic rings. The minimum Gasteiger partial charge on any atom is -0.492 e. The second-order valence-corrected chi connectivity index (χ2v) is 10.00. The van der Waals surface area contributed by atoms with Gasteiger partial charge in [0, 0.05) is 18.8 Å². The van der Waals surface area contributed by atoms with Gasteiger partial charge < -0.3 is 14.8 Å². The summed E-state index contributed by atoms with van der Waals surface area (Å²) in [5.41, 5.74) is 0.935. The third-order valence-corrected chi connectivity index (χ3v) is 6.77. The summed E-state index contributed by atoms with van der Waals surface area (Å²) in [7, 11) is -3.57. The molecule has 2 N–H and O–H groups in total. The predicted octanol–water partition coefficient (Wildman–Crippen LogP) is 2.87.